The van der Waals surface area contributed by atoms with Gasteiger partial charge in [-0.3, -0.25) is 9.63 Å². The Morgan fingerprint density at radius 2 is 2.18 bits per heavy atom. The van der Waals surface area contributed by atoms with Crippen molar-refractivity contribution in [3.63, 3.8) is 0 Å². The maximum atomic E-state index is 12.7. The van der Waals surface area contributed by atoms with Crippen molar-refractivity contribution in [2.45, 2.75) is 19.0 Å². The molecule has 1 amide bonds. The van der Waals surface area contributed by atoms with Crippen molar-refractivity contribution in [1.82, 2.24) is 24.6 Å². The minimum atomic E-state index is -0.367. The Bertz CT molecular complexity index is 667. The summed E-state index contributed by atoms with van der Waals surface area (Å²) in [6.07, 6.45) is 7.77. The zero-order valence-electron chi connectivity index (χ0n) is 12.0. The first kappa shape index (κ1) is 13.2. The average molecular weight is 300 g/mol. The third-order valence-corrected chi connectivity index (χ3v) is 3.95. The molecule has 0 bridgehead atoms. The quantitative estimate of drug-likeness (QED) is 0.799. The molecule has 8 heteroatoms. The lowest BCUT2D eigenvalue weighted by Crippen LogP contribution is -2.45. The Labute approximate surface area is 127 Å². The number of carbonyl (C=O) groups is 1. The van der Waals surface area contributed by atoms with Crippen LogP contribution in [0.3, 0.4) is 0 Å². The first-order valence-electron chi connectivity index (χ1n) is 7.30. The topological polar surface area (TPSA) is 76.4 Å². The molecule has 4 rings (SSSR count). The van der Waals surface area contributed by atoms with E-state index in [-0.39, 0.29) is 11.9 Å². The van der Waals surface area contributed by atoms with Crippen LogP contribution in [0.4, 0.5) is 5.95 Å². The number of fused-ring (bicyclic) bond motifs is 1. The summed E-state index contributed by atoms with van der Waals surface area (Å²) >= 11 is 0. The number of aromatic nitrogens is 4. The van der Waals surface area contributed by atoms with Gasteiger partial charge in [0.15, 0.2) is 0 Å². The number of amides is 1. The summed E-state index contributed by atoms with van der Waals surface area (Å²) in [5.74, 6) is 0.576. The molecule has 0 radical (unpaired) electrons. The van der Waals surface area contributed by atoms with E-state index in [0.29, 0.717) is 32.2 Å². The van der Waals surface area contributed by atoms with E-state index in [1.165, 1.54) is 5.06 Å². The monoisotopic (exact) mass is 300 g/mol. The highest BCUT2D eigenvalue weighted by molar-refractivity contribution is 5.80. The second-order valence-corrected chi connectivity index (χ2v) is 5.36. The summed E-state index contributed by atoms with van der Waals surface area (Å²) < 4.78 is 1.92. The van der Waals surface area contributed by atoms with Crippen LogP contribution in [0.25, 0.3) is 0 Å². The van der Waals surface area contributed by atoms with Crippen LogP contribution in [0.1, 0.15) is 18.2 Å². The van der Waals surface area contributed by atoms with Crippen LogP contribution in [-0.4, -0.2) is 50.2 Å². The van der Waals surface area contributed by atoms with Crippen LogP contribution in [0, 0.1) is 0 Å². The van der Waals surface area contributed by atoms with Gasteiger partial charge in [0.05, 0.1) is 38.3 Å². The fourth-order valence-corrected chi connectivity index (χ4v) is 2.88. The number of anilines is 1. The number of rotatable bonds is 2. The van der Waals surface area contributed by atoms with Gasteiger partial charge in [-0.2, -0.15) is 0 Å². The van der Waals surface area contributed by atoms with Crippen molar-refractivity contribution in [2.75, 3.05) is 24.6 Å². The molecule has 2 aliphatic heterocycles. The number of imidazole rings is 1. The van der Waals surface area contributed by atoms with Gasteiger partial charge in [-0.25, -0.2) is 20.0 Å². The van der Waals surface area contributed by atoms with Crippen molar-refractivity contribution in [3.05, 3.63) is 36.7 Å². The van der Waals surface area contributed by atoms with Gasteiger partial charge in [-0.05, 0) is 12.5 Å². The van der Waals surface area contributed by atoms with Crippen LogP contribution < -0.4 is 4.90 Å². The van der Waals surface area contributed by atoms with Gasteiger partial charge in [0, 0.05) is 18.6 Å². The first-order chi connectivity index (χ1) is 10.8. The van der Waals surface area contributed by atoms with E-state index >= 15 is 0 Å². The average Bonchev–Trinajstić information content (AvgIpc) is 3.25. The Morgan fingerprint density at radius 3 is 2.95 bits per heavy atom. The Balaban J connectivity index is 1.64. The fraction of sp³-hybridized carbons (Fsp3) is 0.429. The molecule has 1 fully saturated rings. The molecule has 2 aromatic rings. The predicted octanol–water partition coefficient (Wildman–Crippen LogP) is 0.398. The Hall–Kier alpha value is -2.48. The highest BCUT2D eigenvalue weighted by atomic mass is 16.7. The summed E-state index contributed by atoms with van der Waals surface area (Å²) in [7, 11) is 0. The number of hydrogen-bond donors (Lipinski definition) is 0. The Kier molecular flexibility index (Phi) is 3.23. The predicted molar refractivity (Wildman–Crippen MR) is 76.6 cm³/mol. The zero-order valence-corrected chi connectivity index (χ0v) is 12.0. The molecule has 2 aliphatic rings. The zero-order chi connectivity index (χ0) is 14.9. The van der Waals surface area contributed by atoms with Crippen molar-refractivity contribution in [3.8, 4) is 0 Å². The molecule has 1 saturated heterocycles. The standard InChI is InChI=1S/C14H16N6O2/c21-13(20-5-2-6-22-20)12-9-18(14-16-3-1-4-17-14)8-11-7-15-10-19(11)12/h1,3-4,7,10,12H,2,5-6,8-9H2. The van der Waals surface area contributed by atoms with E-state index in [0.717, 1.165) is 12.1 Å². The summed E-state index contributed by atoms with van der Waals surface area (Å²) in [5, 5.41) is 1.46. The molecule has 1 atom stereocenters. The highest BCUT2D eigenvalue weighted by Gasteiger charge is 2.35. The summed E-state index contributed by atoms with van der Waals surface area (Å²) in [6.45, 7) is 2.38. The minimum Gasteiger partial charge on any atom is -0.332 e. The minimum absolute atomic E-state index is 0.0441. The largest absolute Gasteiger partial charge is 0.332 e. The lowest BCUT2D eigenvalue weighted by atomic mass is 10.1. The molecule has 114 valence electrons. The van der Waals surface area contributed by atoms with Crippen LogP contribution in [-0.2, 0) is 16.2 Å². The van der Waals surface area contributed by atoms with Crippen LogP contribution in [0.2, 0.25) is 0 Å². The van der Waals surface area contributed by atoms with Gasteiger partial charge < -0.3 is 9.47 Å². The second kappa shape index (κ2) is 5.38. The molecular weight excluding hydrogens is 284 g/mol. The molecule has 0 aromatic carbocycles. The van der Waals surface area contributed by atoms with Gasteiger partial charge in [-0.15, -0.1) is 0 Å². The van der Waals surface area contributed by atoms with E-state index in [2.05, 4.69) is 15.0 Å². The molecule has 0 saturated carbocycles. The van der Waals surface area contributed by atoms with Crippen molar-refractivity contribution >= 4 is 11.9 Å². The molecule has 8 nitrogen and oxygen atoms in total. The molecular formula is C14H16N6O2. The summed E-state index contributed by atoms with van der Waals surface area (Å²) in [6, 6.07) is 1.41. The third kappa shape index (κ3) is 2.21. The van der Waals surface area contributed by atoms with Gasteiger partial charge in [0.25, 0.3) is 5.91 Å². The molecule has 2 aromatic heterocycles. The maximum absolute atomic E-state index is 12.7. The van der Waals surface area contributed by atoms with Crippen molar-refractivity contribution < 1.29 is 9.63 Å². The molecule has 0 aliphatic carbocycles. The summed E-state index contributed by atoms with van der Waals surface area (Å²) in [4.78, 5) is 32.9. The van der Waals surface area contributed by atoms with Gasteiger partial charge in [-0.1, -0.05) is 0 Å². The second-order valence-electron chi connectivity index (χ2n) is 5.36. The maximum Gasteiger partial charge on any atom is 0.271 e. The van der Waals surface area contributed by atoms with Crippen molar-refractivity contribution in [2.24, 2.45) is 0 Å². The first-order valence-corrected chi connectivity index (χ1v) is 7.30. The van der Waals surface area contributed by atoms with E-state index in [4.69, 9.17) is 4.84 Å². The molecule has 1 unspecified atom stereocenters. The molecule has 0 spiro atoms. The SMILES string of the molecule is O=C(C1CN(c2ncccn2)Cc2cncn21)N1CCCO1. The smallest absolute Gasteiger partial charge is 0.271 e. The van der Waals surface area contributed by atoms with E-state index in [9.17, 15) is 4.79 Å². The van der Waals surface area contributed by atoms with Crippen LogP contribution in [0.5, 0.6) is 0 Å². The lowest BCUT2D eigenvalue weighted by molar-refractivity contribution is -0.172. The normalized spacial score (nSPS) is 21.0. The molecule has 0 N–H and O–H groups in total. The van der Waals surface area contributed by atoms with Crippen LogP contribution in [0.15, 0.2) is 31.0 Å². The number of hydroxylamine groups is 2. The highest BCUT2D eigenvalue weighted by Crippen LogP contribution is 2.26. The number of carbonyl (C=O) groups excluding carboxylic acids is 1. The van der Waals surface area contributed by atoms with E-state index in [1.54, 1.807) is 31.0 Å². The third-order valence-electron chi connectivity index (χ3n) is 3.95. The van der Waals surface area contributed by atoms with Gasteiger partial charge in [0.2, 0.25) is 5.95 Å². The molecule has 4 heterocycles. The van der Waals surface area contributed by atoms with E-state index in [1.807, 2.05) is 9.47 Å². The summed E-state index contributed by atoms with van der Waals surface area (Å²) in [5.41, 5.74) is 0.969. The number of hydrogen-bond acceptors (Lipinski definition) is 6. The Morgan fingerprint density at radius 1 is 1.32 bits per heavy atom. The van der Waals surface area contributed by atoms with Crippen molar-refractivity contribution in [1.29, 1.82) is 0 Å². The fourth-order valence-electron chi connectivity index (χ4n) is 2.88. The van der Waals surface area contributed by atoms with Crippen LogP contribution >= 0.6 is 0 Å². The van der Waals surface area contributed by atoms with Gasteiger partial charge in [0.1, 0.15) is 6.04 Å². The number of nitrogens with zero attached hydrogens (tertiary/aromatic N) is 6. The van der Waals surface area contributed by atoms with Gasteiger partial charge >= 0.3 is 0 Å². The molecule has 22 heavy (non-hydrogen) atoms. The lowest BCUT2D eigenvalue weighted by Gasteiger charge is -2.34. The van der Waals surface area contributed by atoms with E-state index < -0.39 is 0 Å².